The number of piperidine rings is 1. The number of halogens is 1. The van der Waals surface area contributed by atoms with Crippen molar-refractivity contribution in [3.8, 4) is 0 Å². The molecule has 1 amide bonds. The van der Waals surface area contributed by atoms with Gasteiger partial charge in [-0.15, -0.1) is 12.4 Å². The Morgan fingerprint density at radius 1 is 1.00 bits per heavy atom. The summed E-state index contributed by atoms with van der Waals surface area (Å²) in [5, 5.41) is 3.09. The standard InChI is InChI=1S/C26H35N3OS.ClH/c1-19(2)13-14-27-26(30)21-11-12-25-23(17-21)29(22-9-5-6-10-24(22)31-25)20(3)18-28-15-7-4-8-16-28;/h5-6,9-12,17,19-20H,4,7-8,13-16,18H2,1-3H3,(H,27,30);1H/t20-;/m1./s1. The first-order valence-corrected chi connectivity index (χ1v) is 12.6. The number of fused-ring (bicyclic) bond motifs is 2. The Bertz CT molecular complexity index is 914. The lowest BCUT2D eigenvalue weighted by Gasteiger charge is -2.40. The van der Waals surface area contributed by atoms with Crippen LogP contribution in [0.1, 0.15) is 56.8 Å². The highest BCUT2D eigenvalue weighted by atomic mass is 35.5. The molecule has 2 heterocycles. The third-order valence-corrected chi connectivity index (χ3v) is 7.37. The number of nitrogens with one attached hydrogen (secondary N) is 1. The summed E-state index contributed by atoms with van der Waals surface area (Å²) in [5.74, 6) is 0.610. The maximum Gasteiger partial charge on any atom is 0.251 e. The molecule has 0 aliphatic carbocycles. The SMILES string of the molecule is CC(C)CCNC(=O)c1ccc2c(c1)N([C@H](C)CN1CCCCC1)c1ccccc1S2.Cl. The molecule has 0 spiro atoms. The molecule has 1 saturated heterocycles. The van der Waals surface area contributed by atoms with E-state index in [1.165, 1.54) is 47.8 Å². The predicted octanol–water partition coefficient (Wildman–Crippen LogP) is 6.36. The van der Waals surface area contributed by atoms with Crippen molar-refractivity contribution >= 4 is 41.5 Å². The van der Waals surface area contributed by atoms with E-state index >= 15 is 0 Å². The molecular formula is C26H36ClN3OS. The van der Waals surface area contributed by atoms with Crippen LogP contribution in [0.5, 0.6) is 0 Å². The van der Waals surface area contributed by atoms with Gasteiger partial charge in [0.25, 0.3) is 5.91 Å². The first kappa shape index (κ1) is 24.9. The fourth-order valence-corrected chi connectivity index (χ4v) is 5.62. The zero-order chi connectivity index (χ0) is 21.8. The molecule has 2 aromatic carbocycles. The Labute approximate surface area is 203 Å². The minimum absolute atomic E-state index is 0. The molecule has 0 bridgehead atoms. The fourth-order valence-electron chi connectivity index (χ4n) is 4.57. The maximum absolute atomic E-state index is 12.8. The molecule has 0 aromatic heterocycles. The summed E-state index contributed by atoms with van der Waals surface area (Å²) in [7, 11) is 0. The fraction of sp³-hybridized carbons (Fsp3) is 0.500. The van der Waals surface area contributed by atoms with Gasteiger partial charge in [0.05, 0.1) is 11.4 Å². The number of carbonyl (C=O) groups is 1. The lowest BCUT2D eigenvalue weighted by Crippen LogP contribution is -2.43. The average molecular weight is 474 g/mol. The number of hydrogen-bond donors (Lipinski definition) is 1. The van der Waals surface area contributed by atoms with Gasteiger partial charge < -0.3 is 15.1 Å². The minimum Gasteiger partial charge on any atom is -0.352 e. The first-order chi connectivity index (χ1) is 15.0. The van der Waals surface area contributed by atoms with Crippen molar-refractivity contribution in [3.05, 3.63) is 48.0 Å². The van der Waals surface area contributed by atoms with Crippen molar-refractivity contribution in [2.45, 2.75) is 62.3 Å². The van der Waals surface area contributed by atoms with Crippen molar-refractivity contribution in [1.82, 2.24) is 10.2 Å². The topological polar surface area (TPSA) is 35.6 Å². The Hall–Kier alpha value is -1.69. The quantitative estimate of drug-likeness (QED) is 0.507. The van der Waals surface area contributed by atoms with Crippen LogP contribution in [0, 0.1) is 5.92 Å². The van der Waals surface area contributed by atoms with E-state index in [1.54, 1.807) is 11.8 Å². The summed E-state index contributed by atoms with van der Waals surface area (Å²) in [6.07, 6.45) is 4.96. The number of likely N-dealkylation sites (tertiary alicyclic amines) is 1. The van der Waals surface area contributed by atoms with E-state index in [4.69, 9.17) is 0 Å². The summed E-state index contributed by atoms with van der Waals surface area (Å²) >= 11 is 1.80. The van der Waals surface area contributed by atoms with E-state index < -0.39 is 0 Å². The molecule has 2 aromatic rings. The minimum atomic E-state index is 0. The summed E-state index contributed by atoms with van der Waals surface area (Å²) in [4.78, 5) is 20.4. The molecule has 2 aliphatic heterocycles. The van der Waals surface area contributed by atoms with E-state index in [2.05, 4.69) is 72.3 Å². The second kappa shape index (κ2) is 11.4. The van der Waals surface area contributed by atoms with Crippen molar-refractivity contribution < 1.29 is 4.79 Å². The lowest BCUT2D eigenvalue weighted by atomic mass is 10.1. The maximum atomic E-state index is 12.8. The van der Waals surface area contributed by atoms with Gasteiger partial charge in [-0.25, -0.2) is 0 Å². The normalized spacial score (nSPS) is 16.7. The summed E-state index contributed by atoms with van der Waals surface area (Å²) in [6.45, 7) is 10.8. The van der Waals surface area contributed by atoms with Gasteiger partial charge in [-0.05, 0) is 75.5 Å². The van der Waals surface area contributed by atoms with Gasteiger partial charge in [-0.2, -0.15) is 0 Å². The summed E-state index contributed by atoms with van der Waals surface area (Å²) < 4.78 is 0. The van der Waals surface area contributed by atoms with Crippen LogP contribution in [0.15, 0.2) is 52.3 Å². The third-order valence-electron chi connectivity index (χ3n) is 6.24. The van der Waals surface area contributed by atoms with Gasteiger partial charge in [0, 0.05) is 34.5 Å². The number of carbonyl (C=O) groups excluding carboxylic acids is 1. The molecule has 32 heavy (non-hydrogen) atoms. The van der Waals surface area contributed by atoms with Gasteiger partial charge in [-0.3, -0.25) is 4.79 Å². The average Bonchev–Trinajstić information content (AvgIpc) is 2.77. The van der Waals surface area contributed by atoms with Gasteiger partial charge in [-0.1, -0.05) is 44.2 Å². The van der Waals surface area contributed by atoms with E-state index in [0.29, 0.717) is 12.0 Å². The van der Waals surface area contributed by atoms with E-state index in [0.717, 1.165) is 30.8 Å². The molecule has 0 radical (unpaired) electrons. The zero-order valence-corrected chi connectivity index (χ0v) is 21.1. The number of rotatable bonds is 7. The van der Waals surface area contributed by atoms with Gasteiger partial charge in [0.2, 0.25) is 0 Å². The Morgan fingerprint density at radius 2 is 1.72 bits per heavy atom. The number of para-hydroxylation sites is 1. The molecule has 1 fully saturated rings. The first-order valence-electron chi connectivity index (χ1n) is 11.7. The van der Waals surface area contributed by atoms with Crippen LogP contribution in [-0.4, -0.2) is 43.0 Å². The Kier molecular flexibility index (Phi) is 8.92. The molecule has 2 aliphatic rings. The van der Waals surface area contributed by atoms with Crippen molar-refractivity contribution in [2.75, 3.05) is 31.1 Å². The predicted molar refractivity (Wildman–Crippen MR) is 138 cm³/mol. The van der Waals surface area contributed by atoms with Crippen molar-refractivity contribution in [3.63, 3.8) is 0 Å². The molecule has 4 rings (SSSR count). The molecule has 1 atom stereocenters. The molecule has 6 heteroatoms. The Morgan fingerprint density at radius 3 is 2.47 bits per heavy atom. The van der Waals surface area contributed by atoms with Gasteiger partial charge in [0.15, 0.2) is 0 Å². The van der Waals surface area contributed by atoms with Crippen LogP contribution in [-0.2, 0) is 0 Å². The molecule has 4 nitrogen and oxygen atoms in total. The second-order valence-corrected chi connectivity index (χ2v) is 10.4. The molecule has 174 valence electrons. The van der Waals surface area contributed by atoms with Crippen LogP contribution in [0.4, 0.5) is 11.4 Å². The van der Waals surface area contributed by atoms with Crippen molar-refractivity contribution in [1.29, 1.82) is 0 Å². The number of nitrogens with zero attached hydrogens (tertiary/aromatic N) is 2. The van der Waals surface area contributed by atoms with Crippen molar-refractivity contribution in [2.24, 2.45) is 5.92 Å². The largest absolute Gasteiger partial charge is 0.352 e. The monoisotopic (exact) mass is 473 g/mol. The number of benzene rings is 2. The van der Waals surface area contributed by atoms with Gasteiger partial charge >= 0.3 is 0 Å². The highest BCUT2D eigenvalue weighted by molar-refractivity contribution is 7.99. The highest BCUT2D eigenvalue weighted by Crippen LogP contribution is 2.49. The van der Waals surface area contributed by atoms with Crippen LogP contribution in [0.25, 0.3) is 0 Å². The van der Waals surface area contributed by atoms with E-state index in [1.807, 2.05) is 6.07 Å². The molecule has 1 N–H and O–H groups in total. The molecule has 0 unspecified atom stereocenters. The second-order valence-electron chi connectivity index (χ2n) is 9.27. The van der Waals surface area contributed by atoms with E-state index in [-0.39, 0.29) is 18.3 Å². The Balaban J connectivity index is 0.00000289. The van der Waals surface area contributed by atoms with Crippen LogP contribution >= 0.6 is 24.2 Å². The number of amides is 1. The van der Waals surface area contributed by atoms with Gasteiger partial charge in [0.1, 0.15) is 0 Å². The number of anilines is 2. The molecule has 0 saturated carbocycles. The summed E-state index contributed by atoms with van der Waals surface area (Å²) in [6, 6.07) is 15.2. The smallest absolute Gasteiger partial charge is 0.251 e. The summed E-state index contributed by atoms with van der Waals surface area (Å²) in [5.41, 5.74) is 3.16. The highest BCUT2D eigenvalue weighted by Gasteiger charge is 2.29. The van der Waals surface area contributed by atoms with Crippen LogP contribution in [0.2, 0.25) is 0 Å². The molecular weight excluding hydrogens is 438 g/mol. The number of hydrogen-bond acceptors (Lipinski definition) is 4. The van der Waals surface area contributed by atoms with E-state index in [9.17, 15) is 4.79 Å². The lowest BCUT2D eigenvalue weighted by molar-refractivity contribution is 0.0952. The van der Waals surface area contributed by atoms with Crippen LogP contribution in [0.3, 0.4) is 0 Å². The third kappa shape index (κ3) is 5.81. The zero-order valence-electron chi connectivity index (χ0n) is 19.5. The van der Waals surface area contributed by atoms with Crippen LogP contribution < -0.4 is 10.2 Å².